The molecule has 1 heterocycles. The van der Waals surface area contributed by atoms with Gasteiger partial charge in [0.1, 0.15) is 6.10 Å². The Labute approximate surface area is 743 Å². The molecule has 16 rings (SSSR count). The average Bonchev–Trinajstić information content (AvgIpc) is 1.59. The Hall–Kier alpha value is -3.34. The number of aliphatic carboxylic acids is 5. The Kier molecular flexibility index (Phi) is 46.0. The highest BCUT2D eigenvalue weighted by atomic mass is 16.7. The standard InChI is InChI=1S/C22H36O4.C19H30O4.C19H32O3.C18H30O3.C17H28O2.10CH4/c1-3-13-9-14(4-2)22-17-11-15(21(13)22)10-16(17)18(12-19(23)24)26-20-7-5-6-8-25-20;1-4-11-6-12(5-2)19-15-8-13(18(11)19)7-14(15)16(9-17(21)22)23-10(3)20;1-4-11-6-12(5-2)18-15-8-13(17(11)18)7-14(15)9-19(3,22)10-16(20)21;1-3-10-5-11(4-2)18-15-8-13(17(10)18)6-12(15)7-14(19)9-16(20)21;1-4-10-6-11(5-2)16-14-8-12(15(10)16)7-13(14)9(3)17(18)19;;;;;;;;;;/h13-18,20-22H,3-12H2,1-2H3,(H,23,24);11-16,18-19H,4-9H2,1-3H3,(H,21,22);11-15,17-18,22H,4-10H2,1-3H3,(H,20,21);10-15,17-19H,3-9H2,1-2H3,(H,20,21);9-16H,4-8H2,1-3H3,(H,18,19);10*1H4. The van der Waals surface area contributed by atoms with Gasteiger partial charge in [0.2, 0.25) is 0 Å². The van der Waals surface area contributed by atoms with Gasteiger partial charge in [-0.3, -0.25) is 28.8 Å². The van der Waals surface area contributed by atoms with E-state index in [0.717, 1.165) is 198 Å². The van der Waals surface area contributed by atoms with Gasteiger partial charge in [-0.25, -0.2) is 0 Å². The van der Waals surface area contributed by atoms with E-state index in [1.54, 1.807) is 6.92 Å². The summed E-state index contributed by atoms with van der Waals surface area (Å²) in [5.41, 5.74) is -1.04. The van der Waals surface area contributed by atoms with Gasteiger partial charge in [0, 0.05) is 13.5 Å². The summed E-state index contributed by atoms with van der Waals surface area (Å²) >= 11 is 0. The average molecular weight is 1710 g/mol. The Morgan fingerprint density at radius 3 is 1.01 bits per heavy atom. The van der Waals surface area contributed by atoms with Crippen molar-refractivity contribution in [3.8, 4) is 0 Å². The number of hydrogen-bond donors (Lipinski definition) is 7. The molecular formula is C105H196O16. The van der Waals surface area contributed by atoms with E-state index < -0.39 is 47.7 Å². The minimum Gasteiger partial charge on any atom is -0.481 e. The van der Waals surface area contributed by atoms with Gasteiger partial charge in [-0.15, -0.1) is 0 Å². The van der Waals surface area contributed by atoms with Crippen molar-refractivity contribution in [3.63, 3.8) is 0 Å². The van der Waals surface area contributed by atoms with E-state index in [9.17, 15) is 54.3 Å². The monoisotopic (exact) mass is 1710 g/mol. The molecule has 0 spiro atoms. The smallest absolute Gasteiger partial charge is 0.307 e. The molecule has 1 aliphatic heterocycles. The van der Waals surface area contributed by atoms with Crippen LogP contribution in [0.2, 0.25) is 0 Å². The third-order valence-electron chi connectivity index (χ3n) is 36.5. The van der Waals surface area contributed by atoms with Crippen LogP contribution in [0.15, 0.2) is 0 Å². The van der Waals surface area contributed by atoms with E-state index in [4.69, 9.17) is 24.4 Å². The summed E-state index contributed by atoms with van der Waals surface area (Å²) in [6, 6.07) is 0. The van der Waals surface area contributed by atoms with Crippen molar-refractivity contribution in [2.45, 2.75) is 413 Å². The Bertz CT molecular complexity index is 3080. The zero-order chi connectivity index (χ0) is 79.9. The van der Waals surface area contributed by atoms with Gasteiger partial charge in [0.05, 0.1) is 49.4 Å². The molecular weight excluding hydrogens is 1520 g/mol. The second-order valence-electron chi connectivity index (χ2n) is 41.3. The lowest BCUT2D eigenvalue weighted by molar-refractivity contribution is -0.207. The van der Waals surface area contributed by atoms with Gasteiger partial charge < -0.3 is 50.0 Å². The van der Waals surface area contributed by atoms with Crippen LogP contribution in [0.4, 0.5) is 0 Å². The predicted molar refractivity (Wildman–Crippen MR) is 497 cm³/mol. The third-order valence-corrected chi connectivity index (χ3v) is 36.5. The van der Waals surface area contributed by atoms with E-state index in [1.165, 1.54) is 161 Å². The maximum absolute atomic E-state index is 11.5. The number of hydrogen-bond acceptors (Lipinski definition) is 11. The van der Waals surface area contributed by atoms with Crippen LogP contribution in [0, 0.1) is 213 Å². The second kappa shape index (κ2) is 48.9. The molecule has 1 saturated heterocycles. The lowest BCUT2D eigenvalue weighted by Crippen LogP contribution is -2.40. The first-order chi connectivity index (χ1) is 53.1. The number of carboxylic acids is 5. The Morgan fingerprint density at radius 2 is 0.678 bits per heavy atom. The van der Waals surface area contributed by atoms with E-state index >= 15 is 0 Å². The number of esters is 1. The van der Waals surface area contributed by atoms with Gasteiger partial charge in [-0.1, -0.05) is 215 Å². The molecule has 16 fully saturated rings. The molecule has 121 heavy (non-hydrogen) atoms. The van der Waals surface area contributed by atoms with Crippen molar-refractivity contribution < 1.29 is 78.7 Å². The minimum atomic E-state index is -1.04. The lowest BCUT2D eigenvalue weighted by Gasteiger charge is -2.40. The summed E-state index contributed by atoms with van der Waals surface area (Å²) in [5, 5.41) is 66.3. The number of aliphatic hydroxyl groups is 2. The van der Waals surface area contributed by atoms with Crippen LogP contribution in [-0.4, -0.2) is 108 Å². The molecule has 0 radical (unpaired) electrons. The Morgan fingerprint density at radius 1 is 0.372 bits per heavy atom. The van der Waals surface area contributed by atoms with Crippen molar-refractivity contribution in [2.75, 3.05) is 6.61 Å². The lowest BCUT2D eigenvalue weighted by atomic mass is 9.67. The number of aliphatic hydroxyl groups excluding tert-OH is 1. The molecule has 7 N–H and O–H groups in total. The Balaban J connectivity index is 0.000000504. The molecule has 15 aliphatic carbocycles. The first kappa shape index (κ1) is 114. The van der Waals surface area contributed by atoms with E-state index in [0.29, 0.717) is 48.3 Å². The van der Waals surface area contributed by atoms with Crippen molar-refractivity contribution in [1.82, 2.24) is 0 Å². The summed E-state index contributed by atoms with van der Waals surface area (Å²) in [7, 11) is 0. The van der Waals surface area contributed by atoms with Gasteiger partial charge >= 0.3 is 35.8 Å². The van der Waals surface area contributed by atoms with Crippen LogP contribution >= 0.6 is 0 Å². The number of carbonyl (C=O) groups excluding carboxylic acids is 1. The van der Waals surface area contributed by atoms with Crippen LogP contribution < -0.4 is 0 Å². The normalized spacial score (nSPS) is 41.9. The molecule has 16 aliphatic rings. The summed E-state index contributed by atoms with van der Waals surface area (Å²) < 4.78 is 17.5. The molecule has 16 heteroatoms. The molecule has 0 aromatic rings. The highest BCUT2D eigenvalue weighted by Crippen LogP contribution is 2.72. The van der Waals surface area contributed by atoms with Crippen molar-refractivity contribution >= 4 is 35.8 Å². The molecule has 41 unspecified atom stereocenters. The van der Waals surface area contributed by atoms with Crippen LogP contribution in [-0.2, 0) is 43.0 Å². The van der Waals surface area contributed by atoms with Crippen LogP contribution in [0.3, 0.4) is 0 Å². The molecule has 0 amide bonds. The fraction of sp³-hybridized carbons (Fsp3) is 0.943. The van der Waals surface area contributed by atoms with E-state index in [1.807, 2.05) is 6.92 Å². The first-order valence-electron chi connectivity index (χ1n) is 47.0. The van der Waals surface area contributed by atoms with E-state index in [-0.39, 0.29) is 130 Å². The van der Waals surface area contributed by atoms with Gasteiger partial charge in [-0.2, -0.15) is 0 Å². The van der Waals surface area contributed by atoms with Crippen LogP contribution in [0.25, 0.3) is 0 Å². The molecule has 41 atom stereocenters. The highest BCUT2D eigenvalue weighted by molar-refractivity contribution is 5.71. The quantitative estimate of drug-likeness (QED) is 0.0343. The van der Waals surface area contributed by atoms with Crippen molar-refractivity contribution in [1.29, 1.82) is 0 Å². The number of ether oxygens (including phenoxy) is 3. The topological polar surface area (TPSA) is 272 Å². The zero-order valence-electron chi connectivity index (χ0n) is 71.1. The molecule has 10 bridgehead atoms. The summed E-state index contributed by atoms with van der Waals surface area (Å²) in [4.78, 5) is 67.2. The molecule has 15 saturated carbocycles. The number of rotatable bonds is 29. The molecule has 16 nitrogen and oxygen atoms in total. The first-order valence-corrected chi connectivity index (χ1v) is 47.0. The number of carbonyl (C=O) groups is 6. The molecule has 0 aromatic heterocycles. The molecule has 712 valence electrons. The third kappa shape index (κ3) is 23.6. The second-order valence-corrected chi connectivity index (χ2v) is 41.3. The SMILES string of the molecule is C.C.C.C.C.C.C.C.C.C.CCC1CC(CC)C2C3CC(CC3C(C)C(=O)O)C12.CCC1CC(CC)C2C3CC(CC3C(CC(=O)O)OC(C)=O)C12.CCC1CC(CC)C2C3CC(CC3C(CC(=O)O)OC3CCCCO3)C12.CCC1CC(CC)C2C3CC(CC3CC(C)(O)CC(=O)O)C12.CCC1CC(CC)C2C3CC(CC3CC(O)CC(=O)O)C12. The van der Waals surface area contributed by atoms with Crippen LogP contribution in [0.5, 0.6) is 0 Å². The number of fused-ring (bicyclic) bond motifs is 25. The fourth-order valence-electron chi connectivity index (χ4n) is 33.3. The summed E-state index contributed by atoms with van der Waals surface area (Å²) in [6.45, 7) is 29.2. The predicted octanol–water partition coefficient (Wildman–Crippen LogP) is 26.4. The van der Waals surface area contributed by atoms with Crippen LogP contribution in [0.1, 0.15) is 383 Å². The van der Waals surface area contributed by atoms with Gasteiger partial charge in [-0.05, 0) is 342 Å². The van der Waals surface area contributed by atoms with Crippen molar-refractivity contribution in [2.24, 2.45) is 213 Å². The highest BCUT2D eigenvalue weighted by Gasteiger charge is 2.66. The molecule has 0 aromatic carbocycles. The van der Waals surface area contributed by atoms with Gasteiger partial charge in [0.25, 0.3) is 0 Å². The number of carboxylic acid groups (broad SMARTS) is 5. The summed E-state index contributed by atoms with van der Waals surface area (Å²) in [5.74, 6) is 23.0. The minimum absolute atomic E-state index is 0. The largest absolute Gasteiger partial charge is 0.481 e. The van der Waals surface area contributed by atoms with E-state index in [2.05, 4.69) is 69.2 Å². The maximum Gasteiger partial charge on any atom is 0.307 e. The fourth-order valence-corrected chi connectivity index (χ4v) is 33.3. The summed E-state index contributed by atoms with van der Waals surface area (Å²) in [6.07, 6.45) is 35.5. The maximum atomic E-state index is 11.5. The van der Waals surface area contributed by atoms with Gasteiger partial charge in [0.15, 0.2) is 6.29 Å². The van der Waals surface area contributed by atoms with Crippen molar-refractivity contribution in [3.05, 3.63) is 0 Å². The zero-order valence-corrected chi connectivity index (χ0v) is 71.1.